The second-order valence-electron chi connectivity index (χ2n) is 3.12. The van der Waals surface area contributed by atoms with E-state index < -0.39 is 6.04 Å². The van der Waals surface area contributed by atoms with Crippen LogP contribution in [0.4, 0.5) is 11.9 Å². The van der Waals surface area contributed by atoms with Crippen molar-refractivity contribution < 1.29 is 9.53 Å². The van der Waals surface area contributed by atoms with E-state index in [0.29, 0.717) is 12.6 Å². The number of carbonyl (C=O) groups excluding carboxylic acids is 1. The molecule has 2 N–H and O–H groups in total. The molecule has 0 radical (unpaired) electrons. The lowest BCUT2D eigenvalue weighted by atomic mass is 10.3. The molecule has 1 heterocycles. The molecular weight excluding hydrogens is 246 g/mol. The molecule has 17 heavy (non-hydrogen) atoms. The summed E-state index contributed by atoms with van der Waals surface area (Å²) in [6.45, 7) is 3.71. The van der Waals surface area contributed by atoms with Crippen molar-refractivity contribution >= 4 is 29.5 Å². The topological polar surface area (TPSA) is 89.0 Å². The summed E-state index contributed by atoms with van der Waals surface area (Å²) >= 11 is 5.69. The van der Waals surface area contributed by atoms with Gasteiger partial charge in [-0.2, -0.15) is 15.0 Å². The van der Waals surface area contributed by atoms with E-state index >= 15 is 0 Å². The lowest BCUT2D eigenvalue weighted by Crippen LogP contribution is -2.29. The normalized spacial score (nSPS) is 11.8. The fraction of sp³-hybridized carbons (Fsp3) is 0.556. The molecule has 0 amide bonds. The number of halogens is 1. The number of nitrogens with one attached hydrogen (secondary N) is 2. The molecule has 1 atom stereocenters. The zero-order valence-corrected chi connectivity index (χ0v) is 10.6. The number of ether oxygens (including phenoxy) is 1. The van der Waals surface area contributed by atoms with Gasteiger partial charge in [0.2, 0.25) is 17.2 Å². The molecule has 0 aliphatic rings. The first kappa shape index (κ1) is 13.4. The highest BCUT2D eigenvalue weighted by molar-refractivity contribution is 6.28. The number of esters is 1. The van der Waals surface area contributed by atoms with Gasteiger partial charge in [-0.25, -0.2) is 4.79 Å². The Balaban J connectivity index is 2.73. The van der Waals surface area contributed by atoms with Gasteiger partial charge in [-0.15, -0.1) is 0 Å². The van der Waals surface area contributed by atoms with Crippen molar-refractivity contribution in [3.05, 3.63) is 5.28 Å². The maximum atomic E-state index is 11.4. The molecule has 1 aromatic rings. The summed E-state index contributed by atoms with van der Waals surface area (Å²) in [6, 6.07) is -0.557. The highest BCUT2D eigenvalue weighted by atomic mass is 35.5. The number of carbonyl (C=O) groups is 1. The van der Waals surface area contributed by atoms with Crippen molar-refractivity contribution in [1.82, 2.24) is 15.0 Å². The van der Waals surface area contributed by atoms with Crippen molar-refractivity contribution in [3.8, 4) is 0 Å². The molecular formula is C9H14ClN5O2. The Hall–Kier alpha value is -1.63. The van der Waals surface area contributed by atoms with Crippen LogP contribution in [0.15, 0.2) is 0 Å². The van der Waals surface area contributed by atoms with Crippen molar-refractivity contribution in [2.24, 2.45) is 0 Å². The first-order chi connectivity index (χ1) is 8.06. The van der Waals surface area contributed by atoms with E-state index in [1.807, 2.05) is 0 Å². The number of nitrogens with zero attached hydrogens (tertiary/aromatic N) is 3. The minimum atomic E-state index is -0.557. The third kappa shape index (κ3) is 4.03. The highest BCUT2D eigenvalue weighted by Gasteiger charge is 2.15. The molecule has 8 heteroatoms. The predicted octanol–water partition coefficient (Wildman–Crippen LogP) is 0.930. The minimum Gasteiger partial charge on any atom is -0.464 e. The van der Waals surface area contributed by atoms with E-state index in [0.717, 1.165) is 0 Å². The number of anilines is 2. The van der Waals surface area contributed by atoms with Gasteiger partial charge >= 0.3 is 5.97 Å². The molecule has 1 rings (SSSR count). The van der Waals surface area contributed by atoms with Crippen molar-refractivity contribution in [3.63, 3.8) is 0 Å². The van der Waals surface area contributed by atoms with Gasteiger partial charge in [-0.1, -0.05) is 0 Å². The largest absolute Gasteiger partial charge is 0.464 e. The smallest absolute Gasteiger partial charge is 0.328 e. The Morgan fingerprint density at radius 1 is 1.41 bits per heavy atom. The van der Waals surface area contributed by atoms with E-state index in [1.165, 1.54) is 0 Å². The fourth-order valence-electron chi connectivity index (χ4n) is 1.05. The summed E-state index contributed by atoms with van der Waals surface area (Å²) < 4.78 is 4.84. The maximum Gasteiger partial charge on any atom is 0.328 e. The molecule has 0 fully saturated rings. The zero-order valence-electron chi connectivity index (χ0n) is 9.82. The SMILES string of the molecule is CCOC(=O)C(C)Nc1nc(Cl)nc(NC)n1. The number of hydrogen-bond acceptors (Lipinski definition) is 7. The quantitative estimate of drug-likeness (QED) is 0.761. The van der Waals surface area contributed by atoms with Gasteiger partial charge in [0.1, 0.15) is 6.04 Å². The molecule has 0 saturated carbocycles. The molecule has 7 nitrogen and oxygen atoms in total. The predicted molar refractivity (Wildman–Crippen MR) is 64.1 cm³/mol. The molecule has 0 bridgehead atoms. The minimum absolute atomic E-state index is 0.0444. The third-order valence-electron chi connectivity index (χ3n) is 1.82. The Labute approximate surface area is 104 Å². The fourth-order valence-corrected chi connectivity index (χ4v) is 1.21. The van der Waals surface area contributed by atoms with Gasteiger partial charge in [0.25, 0.3) is 0 Å². The van der Waals surface area contributed by atoms with Crippen LogP contribution in [0.3, 0.4) is 0 Å². The van der Waals surface area contributed by atoms with Crippen LogP contribution in [-0.2, 0) is 9.53 Å². The van der Waals surface area contributed by atoms with Gasteiger partial charge < -0.3 is 15.4 Å². The van der Waals surface area contributed by atoms with Crippen LogP contribution < -0.4 is 10.6 Å². The lowest BCUT2D eigenvalue weighted by Gasteiger charge is -2.12. The van der Waals surface area contributed by atoms with Crippen LogP contribution in [0.5, 0.6) is 0 Å². The van der Waals surface area contributed by atoms with Crippen molar-refractivity contribution in [2.45, 2.75) is 19.9 Å². The summed E-state index contributed by atoms with van der Waals surface area (Å²) in [6.07, 6.45) is 0. The average molecular weight is 260 g/mol. The number of aromatic nitrogens is 3. The van der Waals surface area contributed by atoms with Crippen LogP contribution in [0.25, 0.3) is 0 Å². The zero-order chi connectivity index (χ0) is 12.8. The first-order valence-corrected chi connectivity index (χ1v) is 5.47. The van der Waals surface area contributed by atoms with Gasteiger partial charge in [0, 0.05) is 7.05 Å². The molecule has 1 aromatic heterocycles. The molecule has 0 aliphatic carbocycles. The standard InChI is InChI=1S/C9H14ClN5O2/c1-4-17-6(16)5(2)12-9-14-7(10)13-8(11-3)15-9/h5H,4H2,1-3H3,(H2,11,12,13,14,15). The molecule has 0 aromatic carbocycles. The lowest BCUT2D eigenvalue weighted by molar-refractivity contribution is -0.143. The summed E-state index contributed by atoms with van der Waals surface area (Å²) in [4.78, 5) is 23.0. The summed E-state index contributed by atoms with van der Waals surface area (Å²) in [5, 5.41) is 5.56. The maximum absolute atomic E-state index is 11.4. The van der Waals surface area contributed by atoms with Gasteiger partial charge in [0.05, 0.1) is 6.61 Å². The average Bonchev–Trinajstić information content (AvgIpc) is 2.28. The Bertz CT molecular complexity index is 401. The molecule has 94 valence electrons. The van der Waals surface area contributed by atoms with Gasteiger partial charge in [-0.05, 0) is 25.4 Å². The highest BCUT2D eigenvalue weighted by Crippen LogP contribution is 2.10. The van der Waals surface area contributed by atoms with Crippen LogP contribution in [-0.4, -0.2) is 40.6 Å². The summed E-state index contributed by atoms with van der Waals surface area (Å²) in [5.74, 6) is 0.161. The van der Waals surface area contributed by atoms with Crippen LogP contribution in [0.1, 0.15) is 13.8 Å². The Kier molecular flexibility index (Phi) is 4.89. The molecule has 0 spiro atoms. The van der Waals surface area contributed by atoms with Gasteiger partial charge in [0.15, 0.2) is 0 Å². The van der Waals surface area contributed by atoms with Crippen LogP contribution in [0, 0.1) is 0 Å². The Morgan fingerprint density at radius 2 is 2.06 bits per heavy atom. The Morgan fingerprint density at radius 3 is 2.65 bits per heavy atom. The van der Waals surface area contributed by atoms with Crippen molar-refractivity contribution in [2.75, 3.05) is 24.3 Å². The molecule has 0 aliphatic heterocycles. The molecule has 1 unspecified atom stereocenters. The van der Waals surface area contributed by atoms with Crippen LogP contribution in [0.2, 0.25) is 5.28 Å². The first-order valence-electron chi connectivity index (χ1n) is 5.09. The van der Waals surface area contributed by atoms with Crippen molar-refractivity contribution in [1.29, 1.82) is 0 Å². The molecule has 0 saturated heterocycles. The van der Waals surface area contributed by atoms with E-state index in [1.54, 1.807) is 20.9 Å². The third-order valence-corrected chi connectivity index (χ3v) is 1.99. The summed E-state index contributed by atoms with van der Waals surface area (Å²) in [7, 11) is 1.66. The van der Waals surface area contributed by atoms with E-state index in [2.05, 4.69) is 25.6 Å². The summed E-state index contributed by atoms with van der Waals surface area (Å²) in [5.41, 5.74) is 0. The number of rotatable bonds is 5. The van der Waals surface area contributed by atoms with Crippen LogP contribution >= 0.6 is 11.6 Å². The second-order valence-corrected chi connectivity index (χ2v) is 3.46. The monoisotopic (exact) mass is 259 g/mol. The second kappa shape index (κ2) is 6.19. The van der Waals surface area contributed by atoms with Gasteiger partial charge in [-0.3, -0.25) is 0 Å². The number of hydrogen-bond donors (Lipinski definition) is 2. The van der Waals surface area contributed by atoms with E-state index in [9.17, 15) is 4.79 Å². The van der Waals surface area contributed by atoms with E-state index in [-0.39, 0.29) is 17.2 Å². The van der Waals surface area contributed by atoms with E-state index in [4.69, 9.17) is 16.3 Å².